The Morgan fingerprint density at radius 1 is 0.743 bits per heavy atom. The molecule has 35 heavy (non-hydrogen) atoms. The second-order valence-corrected chi connectivity index (χ2v) is 7.66. The highest BCUT2D eigenvalue weighted by molar-refractivity contribution is 5.46. The van der Waals surface area contributed by atoms with Gasteiger partial charge in [-0.05, 0) is 42.7 Å². The lowest BCUT2D eigenvalue weighted by Crippen LogP contribution is -2.25. The fraction of sp³-hybridized carbons (Fsp3) is 0.231. The first-order valence-corrected chi connectivity index (χ1v) is 10.5. The summed E-state index contributed by atoms with van der Waals surface area (Å²) in [6, 6.07) is 5.55. The summed E-state index contributed by atoms with van der Waals surface area (Å²) in [6.45, 7) is 2.04. The zero-order valence-corrected chi connectivity index (χ0v) is 18.3. The molecule has 184 valence electrons. The minimum Gasteiger partial charge on any atom is -0.429 e. The number of rotatable bonds is 7. The van der Waals surface area contributed by atoms with Crippen LogP contribution in [0.2, 0.25) is 0 Å². The molecular formula is C26H18F8O. The van der Waals surface area contributed by atoms with E-state index in [1.54, 1.807) is 6.07 Å². The topological polar surface area (TPSA) is 9.23 Å². The van der Waals surface area contributed by atoms with Crippen LogP contribution < -0.4 is 4.74 Å². The van der Waals surface area contributed by atoms with Gasteiger partial charge in [-0.25, -0.2) is 26.3 Å². The molecule has 0 N–H and O–H groups in total. The molecule has 0 spiro atoms. The van der Waals surface area contributed by atoms with Gasteiger partial charge in [0.05, 0.1) is 5.56 Å². The molecule has 0 amide bonds. The van der Waals surface area contributed by atoms with E-state index in [0.717, 1.165) is 24.8 Å². The number of ether oxygens (including phenoxy) is 1. The minimum atomic E-state index is -4.71. The molecule has 1 nitrogen and oxygen atoms in total. The van der Waals surface area contributed by atoms with Gasteiger partial charge in [0, 0.05) is 17.7 Å². The summed E-state index contributed by atoms with van der Waals surface area (Å²) in [5.74, 6) is -6.25. The van der Waals surface area contributed by atoms with E-state index in [1.165, 1.54) is 12.1 Å². The van der Waals surface area contributed by atoms with Crippen LogP contribution in [0.5, 0.6) is 5.75 Å². The Labute approximate surface area is 196 Å². The second kappa shape index (κ2) is 10.8. The van der Waals surface area contributed by atoms with E-state index < -0.39 is 52.3 Å². The van der Waals surface area contributed by atoms with Crippen molar-refractivity contribution in [3.05, 3.63) is 99.6 Å². The average Bonchev–Trinajstić information content (AvgIpc) is 2.76. The van der Waals surface area contributed by atoms with Gasteiger partial charge in [0.15, 0.2) is 17.5 Å². The Bertz CT molecular complexity index is 1240. The van der Waals surface area contributed by atoms with Crippen molar-refractivity contribution >= 4 is 0 Å². The summed E-state index contributed by atoms with van der Waals surface area (Å²) in [5, 5.41) is 0. The molecule has 0 radical (unpaired) electrons. The molecule has 3 aromatic carbocycles. The van der Waals surface area contributed by atoms with Crippen molar-refractivity contribution in [2.45, 2.75) is 38.7 Å². The molecule has 0 aliphatic carbocycles. The van der Waals surface area contributed by atoms with Gasteiger partial charge in [-0.1, -0.05) is 37.7 Å². The first-order valence-electron chi connectivity index (χ1n) is 10.5. The summed E-state index contributed by atoms with van der Waals surface area (Å²) in [4.78, 5) is 0. The molecule has 9 heteroatoms. The van der Waals surface area contributed by atoms with Crippen LogP contribution in [-0.2, 0) is 12.5 Å². The lowest BCUT2D eigenvalue weighted by Gasteiger charge is -2.19. The zero-order chi connectivity index (χ0) is 25.8. The molecule has 0 aliphatic heterocycles. The van der Waals surface area contributed by atoms with Crippen LogP contribution in [0.15, 0.2) is 42.5 Å². The van der Waals surface area contributed by atoms with Gasteiger partial charge in [0.1, 0.15) is 28.8 Å². The maximum Gasteiger partial charge on any atom is 0.432 e. The van der Waals surface area contributed by atoms with Gasteiger partial charge < -0.3 is 4.74 Å². The van der Waals surface area contributed by atoms with E-state index in [9.17, 15) is 35.1 Å². The third kappa shape index (κ3) is 6.32. The quantitative estimate of drug-likeness (QED) is 0.140. The monoisotopic (exact) mass is 498 g/mol. The summed E-state index contributed by atoms with van der Waals surface area (Å²) >= 11 is 0. The number of hydrogen-bond acceptors (Lipinski definition) is 1. The molecule has 0 fully saturated rings. The van der Waals surface area contributed by atoms with Gasteiger partial charge in [0.2, 0.25) is 0 Å². The van der Waals surface area contributed by atoms with E-state index in [0.29, 0.717) is 18.6 Å². The Balaban J connectivity index is 1.84. The summed E-state index contributed by atoms with van der Waals surface area (Å²) in [5.41, 5.74) is -1.50. The maximum atomic E-state index is 14.4. The molecule has 0 aliphatic rings. The predicted molar refractivity (Wildman–Crippen MR) is 113 cm³/mol. The van der Waals surface area contributed by atoms with Crippen LogP contribution in [-0.4, -0.2) is 0 Å². The van der Waals surface area contributed by atoms with Crippen molar-refractivity contribution in [3.8, 4) is 17.6 Å². The highest BCUT2D eigenvalue weighted by Gasteiger charge is 2.41. The van der Waals surface area contributed by atoms with Crippen LogP contribution in [0.1, 0.15) is 48.4 Å². The van der Waals surface area contributed by atoms with Crippen molar-refractivity contribution in [1.29, 1.82) is 0 Å². The first kappa shape index (κ1) is 26.1. The smallest absolute Gasteiger partial charge is 0.429 e. The van der Waals surface area contributed by atoms with Gasteiger partial charge in [-0.3, -0.25) is 0 Å². The molecule has 0 unspecified atom stereocenters. The predicted octanol–water partition coefficient (Wildman–Crippen LogP) is 7.78. The molecule has 3 aromatic rings. The molecule has 0 heterocycles. The number of unbranched alkanes of at least 4 members (excludes halogenated alkanes) is 2. The first-order chi connectivity index (χ1) is 16.5. The molecule has 3 rings (SSSR count). The standard InChI is InChI=1S/C26H18F8O/c1-2-3-4-5-15-6-8-17(19(27)10-15)9-7-16-11-20(28)24(21(29)12-16)26(33,34)35-18-13-22(30)25(32)23(31)14-18/h6,8,10-14H,2-5H2,1H3. The molecule has 0 saturated heterocycles. The highest BCUT2D eigenvalue weighted by atomic mass is 19.3. The van der Waals surface area contributed by atoms with Crippen LogP contribution in [0.25, 0.3) is 0 Å². The second-order valence-electron chi connectivity index (χ2n) is 7.66. The Morgan fingerprint density at radius 2 is 1.37 bits per heavy atom. The van der Waals surface area contributed by atoms with Crippen LogP contribution in [0.3, 0.4) is 0 Å². The highest BCUT2D eigenvalue weighted by Crippen LogP contribution is 2.36. The molecule has 0 bridgehead atoms. The van der Waals surface area contributed by atoms with Crippen LogP contribution in [0, 0.1) is 46.7 Å². The fourth-order valence-corrected chi connectivity index (χ4v) is 3.25. The number of alkyl halides is 2. The maximum absolute atomic E-state index is 14.4. The third-order valence-corrected chi connectivity index (χ3v) is 4.98. The van der Waals surface area contributed by atoms with Crippen molar-refractivity contribution in [3.63, 3.8) is 0 Å². The van der Waals surface area contributed by atoms with Crippen molar-refractivity contribution in [2.24, 2.45) is 0 Å². The lowest BCUT2D eigenvalue weighted by molar-refractivity contribution is -0.189. The lowest BCUT2D eigenvalue weighted by atomic mass is 10.0. The molecular weight excluding hydrogens is 480 g/mol. The van der Waals surface area contributed by atoms with Crippen molar-refractivity contribution in [2.75, 3.05) is 0 Å². The summed E-state index contributed by atoms with van der Waals surface area (Å²) in [7, 11) is 0. The number of halogens is 8. The molecule has 0 saturated carbocycles. The van der Waals surface area contributed by atoms with Crippen molar-refractivity contribution in [1.82, 2.24) is 0 Å². The largest absolute Gasteiger partial charge is 0.432 e. The normalized spacial score (nSPS) is 11.2. The van der Waals surface area contributed by atoms with E-state index in [1.807, 2.05) is 6.92 Å². The van der Waals surface area contributed by atoms with E-state index in [-0.39, 0.29) is 23.3 Å². The Morgan fingerprint density at radius 3 is 1.94 bits per heavy atom. The number of aryl methyl sites for hydroxylation is 1. The average molecular weight is 498 g/mol. The van der Waals surface area contributed by atoms with Gasteiger partial charge in [-0.2, -0.15) is 8.78 Å². The Hall–Kier alpha value is -3.54. The van der Waals surface area contributed by atoms with Crippen LogP contribution in [0.4, 0.5) is 35.1 Å². The minimum absolute atomic E-state index is 0.0526. The summed E-state index contributed by atoms with van der Waals surface area (Å²) < 4.78 is 115. The number of hydrogen-bond donors (Lipinski definition) is 0. The Kier molecular flexibility index (Phi) is 8.05. The van der Waals surface area contributed by atoms with E-state index >= 15 is 0 Å². The van der Waals surface area contributed by atoms with Gasteiger partial charge >= 0.3 is 6.11 Å². The van der Waals surface area contributed by atoms with Crippen molar-refractivity contribution < 1.29 is 39.9 Å². The fourth-order valence-electron chi connectivity index (χ4n) is 3.25. The molecule has 0 atom stereocenters. The number of benzene rings is 3. The van der Waals surface area contributed by atoms with Gasteiger partial charge in [-0.15, -0.1) is 0 Å². The van der Waals surface area contributed by atoms with E-state index in [4.69, 9.17) is 0 Å². The summed E-state index contributed by atoms with van der Waals surface area (Å²) in [6.07, 6.45) is -1.12. The van der Waals surface area contributed by atoms with Gasteiger partial charge in [0.25, 0.3) is 0 Å². The molecule has 0 aromatic heterocycles. The SMILES string of the molecule is CCCCCc1ccc(C#Cc2cc(F)c(C(F)(F)Oc3cc(F)c(F)c(F)c3)c(F)c2)c(F)c1. The van der Waals surface area contributed by atoms with E-state index in [2.05, 4.69) is 16.6 Å². The third-order valence-electron chi connectivity index (χ3n) is 4.98. The van der Waals surface area contributed by atoms with Crippen LogP contribution >= 0.6 is 0 Å². The zero-order valence-electron chi connectivity index (χ0n) is 18.3.